The van der Waals surface area contributed by atoms with E-state index in [4.69, 9.17) is 0 Å². The lowest BCUT2D eigenvalue weighted by atomic mass is 10.3. The van der Waals surface area contributed by atoms with Crippen LogP contribution in [0.1, 0.15) is 6.92 Å². The van der Waals surface area contributed by atoms with Crippen molar-refractivity contribution in [3.05, 3.63) is 22.9 Å². The van der Waals surface area contributed by atoms with Crippen molar-refractivity contribution in [2.24, 2.45) is 0 Å². The fourth-order valence-electron chi connectivity index (χ4n) is 0.320. The van der Waals surface area contributed by atoms with E-state index in [-0.39, 0.29) is 11.5 Å². The second-order valence-electron chi connectivity index (χ2n) is 1.59. The molecule has 0 unspecified atom stereocenters. The molecule has 0 spiro atoms. The van der Waals surface area contributed by atoms with Crippen molar-refractivity contribution in [1.29, 1.82) is 0 Å². The van der Waals surface area contributed by atoms with Crippen LogP contribution in [0.25, 0.3) is 0 Å². The van der Waals surface area contributed by atoms with Crippen molar-refractivity contribution in [2.45, 2.75) is 6.92 Å². The second-order valence-corrected chi connectivity index (χ2v) is 2.93. The van der Waals surface area contributed by atoms with E-state index in [9.17, 15) is 4.79 Å². The number of rotatable bonds is 3. The average molecular weight is 270 g/mol. The Hall–Kier alpha value is -0.0900. The second kappa shape index (κ2) is 4.68. The standard InChI is InChI=1S/C6H6Br2O2/c1-4(7)3-6(10-8)5(2)9/h3H,1H2,2H3/b6-3-. The van der Waals surface area contributed by atoms with Gasteiger partial charge in [-0.15, -0.1) is 0 Å². The first-order valence-corrected chi connectivity index (χ1v) is 3.87. The van der Waals surface area contributed by atoms with E-state index in [1.54, 1.807) is 0 Å². The Morgan fingerprint density at radius 1 is 1.70 bits per heavy atom. The van der Waals surface area contributed by atoms with Crippen LogP contribution in [-0.2, 0) is 8.62 Å². The molecule has 0 amide bonds. The minimum Gasteiger partial charge on any atom is -0.414 e. The lowest BCUT2D eigenvalue weighted by Crippen LogP contribution is -1.95. The van der Waals surface area contributed by atoms with Crippen LogP contribution in [0.2, 0.25) is 0 Å². The largest absolute Gasteiger partial charge is 0.414 e. The molecule has 0 atom stereocenters. The summed E-state index contributed by atoms with van der Waals surface area (Å²) in [7, 11) is 0. The number of allylic oxidation sites excluding steroid dienone is 3. The van der Waals surface area contributed by atoms with Gasteiger partial charge in [-0.25, -0.2) is 0 Å². The maximum atomic E-state index is 10.6. The van der Waals surface area contributed by atoms with Crippen LogP contribution in [0.4, 0.5) is 0 Å². The van der Waals surface area contributed by atoms with Crippen molar-refractivity contribution >= 4 is 38.0 Å². The zero-order chi connectivity index (χ0) is 8.15. The van der Waals surface area contributed by atoms with Crippen LogP contribution in [0.5, 0.6) is 0 Å². The van der Waals surface area contributed by atoms with Gasteiger partial charge in [0.15, 0.2) is 27.8 Å². The number of carbonyl (C=O) groups is 1. The molecule has 0 radical (unpaired) electrons. The number of halogens is 2. The summed E-state index contributed by atoms with van der Waals surface area (Å²) in [4.78, 5) is 10.6. The first-order chi connectivity index (χ1) is 4.57. The van der Waals surface area contributed by atoms with Gasteiger partial charge in [0.1, 0.15) is 0 Å². The van der Waals surface area contributed by atoms with E-state index >= 15 is 0 Å². The molecule has 10 heavy (non-hydrogen) atoms. The lowest BCUT2D eigenvalue weighted by Gasteiger charge is -1.95. The van der Waals surface area contributed by atoms with Gasteiger partial charge < -0.3 is 3.83 Å². The molecule has 0 aliphatic carbocycles. The first kappa shape index (κ1) is 9.91. The topological polar surface area (TPSA) is 26.3 Å². The van der Waals surface area contributed by atoms with Crippen LogP contribution in [0, 0.1) is 0 Å². The molecule has 0 fully saturated rings. The van der Waals surface area contributed by atoms with Crippen LogP contribution >= 0.6 is 32.2 Å². The molecule has 0 aromatic rings. The van der Waals surface area contributed by atoms with Crippen LogP contribution in [0.3, 0.4) is 0 Å². The van der Waals surface area contributed by atoms with Gasteiger partial charge in [-0.05, 0) is 6.08 Å². The summed E-state index contributed by atoms with van der Waals surface area (Å²) in [6.07, 6.45) is 1.48. The average Bonchev–Trinajstić information content (AvgIpc) is 1.81. The van der Waals surface area contributed by atoms with Crippen LogP contribution in [0.15, 0.2) is 22.9 Å². The van der Waals surface area contributed by atoms with Gasteiger partial charge in [0.25, 0.3) is 0 Å². The van der Waals surface area contributed by atoms with Crippen LogP contribution < -0.4 is 0 Å². The molecule has 56 valence electrons. The molecular weight excluding hydrogens is 264 g/mol. The molecule has 0 aliphatic heterocycles. The van der Waals surface area contributed by atoms with E-state index in [0.717, 1.165) is 0 Å². The maximum Gasteiger partial charge on any atom is 0.195 e. The molecule has 0 aromatic carbocycles. The fraction of sp³-hybridized carbons (Fsp3) is 0.167. The molecule has 0 aromatic heterocycles. The van der Waals surface area contributed by atoms with E-state index in [1.165, 1.54) is 13.0 Å². The molecule has 4 heteroatoms. The quantitative estimate of drug-likeness (QED) is 0.447. The first-order valence-electron chi connectivity index (χ1n) is 2.43. The molecule has 0 saturated carbocycles. The highest BCUT2D eigenvalue weighted by atomic mass is 79.9. The Labute approximate surface area is 76.5 Å². The molecule has 0 heterocycles. The lowest BCUT2D eigenvalue weighted by molar-refractivity contribution is -0.115. The third kappa shape index (κ3) is 3.85. The van der Waals surface area contributed by atoms with Gasteiger partial charge in [0.05, 0.1) is 0 Å². The third-order valence-electron chi connectivity index (χ3n) is 0.718. The summed E-state index contributed by atoms with van der Waals surface area (Å²) in [5.74, 6) is 0.0688. The van der Waals surface area contributed by atoms with Gasteiger partial charge in [0.2, 0.25) is 0 Å². The van der Waals surface area contributed by atoms with E-state index in [2.05, 4.69) is 42.6 Å². The number of Topliss-reactive ketones (excluding diaryl/α,β-unsaturated/α-hetero) is 1. The molecule has 0 aliphatic rings. The molecule has 0 saturated heterocycles. The summed E-state index contributed by atoms with van der Waals surface area (Å²) < 4.78 is 5.15. The van der Waals surface area contributed by atoms with Crippen molar-refractivity contribution in [3.8, 4) is 0 Å². The Balaban J connectivity index is 4.34. The van der Waals surface area contributed by atoms with Crippen LogP contribution in [-0.4, -0.2) is 5.78 Å². The highest BCUT2D eigenvalue weighted by molar-refractivity contribution is 9.11. The third-order valence-corrected chi connectivity index (χ3v) is 1.30. The smallest absolute Gasteiger partial charge is 0.195 e. The zero-order valence-electron chi connectivity index (χ0n) is 5.36. The Morgan fingerprint density at radius 3 is 2.30 bits per heavy atom. The summed E-state index contributed by atoms with van der Waals surface area (Å²) in [6, 6.07) is 0. The van der Waals surface area contributed by atoms with Gasteiger partial charge in [-0.2, -0.15) is 0 Å². The number of ketones is 1. The maximum absolute atomic E-state index is 10.6. The molecule has 0 rings (SSSR count). The van der Waals surface area contributed by atoms with Crippen molar-refractivity contribution in [1.82, 2.24) is 0 Å². The number of hydrogen-bond donors (Lipinski definition) is 0. The van der Waals surface area contributed by atoms with Crippen molar-refractivity contribution < 1.29 is 8.62 Å². The molecular formula is C6H6Br2O2. The zero-order valence-corrected chi connectivity index (χ0v) is 8.53. The van der Waals surface area contributed by atoms with Crippen molar-refractivity contribution in [3.63, 3.8) is 0 Å². The van der Waals surface area contributed by atoms with Gasteiger partial charge in [0, 0.05) is 11.4 Å². The molecule has 0 bridgehead atoms. The predicted octanol–water partition coefficient (Wildman–Crippen LogP) is 2.69. The summed E-state index contributed by atoms with van der Waals surface area (Å²) in [5.41, 5.74) is 0. The summed E-state index contributed by atoms with van der Waals surface area (Å²) in [5, 5.41) is 0. The Bertz CT molecular complexity index is 184. The highest BCUT2D eigenvalue weighted by Gasteiger charge is 2.02. The van der Waals surface area contributed by atoms with E-state index < -0.39 is 0 Å². The monoisotopic (exact) mass is 268 g/mol. The molecule has 2 nitrogen and oxygen atoms in total. The normalized spacial score (nSPS) is 10.9. The van der Waals surface area contributed by atoms with Crippen molar-refractivity contribution in [2.75, 3.05) is 0 Å². The summed E-state index contributed by atoms with van der Waals surface area (Å²) >= 11 is 5.75. The number of carbonyl (C=O) groups excluding carboxylic acids is 1. The predicted molar refractivity (Wildman–Crippen MR) is 46.8 cm³/mol. The van der Waals surface area contributed by atoms with Gasteiger partial charge in [-0.1, -0.05) is 22.5 Å². The molecule has 0 N–H and O–H groups in total. The number of hydrogen-bond acceptors (Lipinski definition) is 2. The SMILES string of the molecule is C=C(Br)/C=C(\OBr)C(C)=O. The highest BCUT2D eigenvalue weighted by Crippen LogP contribution is 2.11. The Morgan fingerprint density at radius 2 is 2.20 bits per heavy atom. The summed E-state index contributed by atoms with van der Waals surface area (Å²) in [6.45, 7) is 4.92. The van der Waals surface area contributed by atoms with E-state index in [1.807, 2.05) is 0 Å². The van der Waals surface area contributed by atoms with Gasteiger partial charge >= 0.3 is 0 Å². The minimum atomic E-state index is -0.155. The van der Waals surface area contributed by atoms with E-state index in [0.29, 0.717) is 4.48 Å². The Kier molecular flexibility index (Phi) is 4.64. The van der Waals surface area contributed by atoms with Gasteiger partial charge in [-0.3, -0.25) is 4.79 Å². The fourth-order valence-corrected chi connectivity index (χ4v) is 0.850. The minimum absolute atomic E-state index is 0.155.